The molecule has 0 fully saturated rings. The third kappa shape index (κ3) is 5.61. The lowest BCUT2D eigenvalue weighted by Crippen LogP contribution is -2.29. The van der Waals surface area contributed by atoms with E-state index < -0.39 is 42.4 Å². The van der Waals surface area contributed by atoms with Gasteiger partial charge in [-0.1, -0.05) is 12.1 Å². The number of nitrogens with one attached hydrogen (secondary N) is 1. The van der Waals surface area contributed by atoms with Crippen LogP contribution in [0.25, 0.3) is 0 Å². The fourth-order valence-electron chi connectivity index (χ4n) is 1.49. The first-order valence-electron chi connectivity index (χ1n) is 5.60. The summed E-state index contributed by atoms with van der Waals surface area (Å²) in [5, 5.41) is 4.72. The van der Waals surface area contributed by atoms with Crippen LogP contribution in [0.2, 0.25) is 0 Å². The van der Waals surface area contributed by atoms with Crippen molar-refractivity contribution in [3.8, 4) is 0 Å². The van der Waals surface area contributed by atoms with Crippen LogP contribution in [0.15, 0.2) is 29.2 Å². The quantitative estimate of drug-likeness (QED) is 0.738. The average molecular weight is 346 g/mol. The lowest BCUT2D eigenvalue weighted by molar-refractivity contribution is -0.139. The molecule has 21 heavy (non-hydrogen) atoms. The summed E-state index contributed by atoms with van der Waals surface area (Å²) in [6, 6.07) is 3.71. The first kappa shape index (κ1) is 17.9. The van der Waals surface area contributed by atoms with E-state index in [0.29, 0.717) is 6.07 Å². The Morgan fingerprint density at radius 2 is 1.67 bits per heavy atom. The normalized spacial score (nSPS) is 13.3. The number of primary sulfonamides is 1. The molecule has 0 spiro atoms. The molecule has 0 aliphatic carbocycles. The summed E-state index contributed by atoms with van der Waals surface area (Å²) in [5.74, 6) is -0.476. The van der Waals surface area contributed by atoms with Gasteiger partial charge >= 0.3 is 6.18 Å². The van der Waals surface area contributed by atoms with Gasteiger partial charge in [-0.15, -0.1) is 0 Å². The summed E-state index contributed by atoms with van der Waals surface area (Å²) in [6.07, 6.45) is -4.96. The molecule has 0 heterocycles. The number of halogens is 3. The largest absolute Gasteiger partial charge is 0.417 e. The minimum Gasteiger partial charge on any atom is -0.229 e. The van der Waals surface area contributed by atoms with E-state index in [1.807, 2.05) is 4.72 Å². The molecule has 120 valence electrons. The summed E-state index contributed by atoms with van der Waals surface area (Å²) in [6.45, 7) is -0.342. The first-order chi connectivity index (χ1) is 9.43. The van der Waals surface area contributed by atoms with Crippen LogP contribution in [0.4, 0.5) is 13.2 Å². The Bertz CT molecular complexity index is 699. The summed E-state index contributed by atoms with van der Waals surface area (Å²) in [4.78, 5) is -0.909. The van der Waals surface area contributed by atoms with E-state index in [9.17, 15) is 30.0 Å². The van der Waals surface area contributed by atoms with Crippen LogP contribution in [-0.4, -0.2) is 29.1 Å². The SMILES string of the molecule is NS(=O)(=O)CCCNS(=O)(=O)c1ccccc1C(F)(F)F. The van der Waals surface area contributed by atoms with E-state index in [2.05, 4.69) is 0 Å². The lowest BCUT2D eigenvalue weighted by Gasteiger charge is -2.13. The van der Waals surface area contributed by atoms with E-state index in [1.165, 1.54) is 0 Å². The van der Waals surface area contributed by atoms with Crippen LogP contribution in [0.1, 0.15) is 12.0 Å². The molecule has 11 heteroatoms. The standard InChI is InChI=1S/C10H13F3N2O4S2/c11-10(12,13)8-4-1-2-5-9(8)21(18,19)15-6-3-7-20(14,16)17/h1-2,4-5,15H,3,6-7H2,(H2,14,16,17). The van der Waals surface area contributed by atoms with Gasteiger partial charge in [-0.2, -0.15) is 13.2 Å². The Kier molecular flexibility index (Phi) is 5.36. The molecule has 0 aromatic heterocycles. The summed E-state index contributed by atoms with van der Waals surface area (Å²) in [7, 11) is -8.15. The predicted molar refractivity (Wildman–Crippen MR) is 69.2 cm³/mol. The fourth-order valence-corrected chi connectivity index (χ4v) is 3.34. The van der Waals surface area contributed by atoms with Crippen molar-refractivity contribution in [2.24, 2.45) is 5.14 Å². The number of alkyl halides is 3. The van der Waals surface area contributed by atoms with Crippen molar-refractivity contribution in [1.82, 2.24) is 4.72 Å². The molecule has 0 unspecified atom stereocenters. The Labute approximate surface area is 120 Å². The number of sulfonamides is 2. The van der Waals surface area contributed by atoms with E-state index >= 15 is 0 Å². The second kappa shape index (κ2) is 6.30. The Hall–Kier alpha value is -1.17. The Morgan fingerprint density at radius 1 is 1.10 bits per heavy atom. The molecule has 0 amide bonds. The second-order valence-corrected chi connectivity index (χ2v) is 7.58. The van der Waals surface area contributed by atoms with Gasteiger partial charge < -0.3 is 0 Å². The van der Waals surface area contributed by atoms with Gasteiger partial charge in [0.1, 0.15) is 0 Å². The number of nitrogens with two attached hydrogens (primary N) is 1. The van der Waals surface area contributed by atoms with Gasteiger partial charge in [0.15, 0.2) is 0 Å². The zero-order valence-electron chi connectivity index (χ0n) is 10.6. The molecule has 1 aromatic rings. The Morgan fingerprint density at radius 3 is 2.19 bits per heavy atom. The molecule has 0 radical (unpaired) electrons. The topological polar surface area (TPSA) is 106 Å². The van der Waals surface area contributed by atoms with Gasteiger partial charge in [-0.05, 0) is 18.6 Å². The summed E-state index contributed by atoms with van der Waals surface area (Å²) in [5.41, 5.74) is -1.29. The van der Waals surface area contributed by atoms with Gasteiger partial charge in [0.2, 0.25) is 20.0 Å². The van der Waals surface area contributed by atoms with Crippen molar-refractivity contribution >= 4 is 20.0 Å². The second-order valence-electron chi connectivity index (χ2n) is 4.11. The van der Waals surface area contributed by atoms with Crippen molar-refractivity contribution in [2.75, 3.05) is 12.3 Å². The maximum atomic E-state index is 12.7. The maximum Gasteiger partial charge on any atom is 0.417 e. The van der Waals surface area contributed by atoms with Gasteiger partial charge in [-0.3, -0.25) is 0 Å². The number of hydrogen-bond acceptors (Lipinski definition) is 4. The van der Waals surface area contributed by atoms with Gasteiger partial charge in [0, 0.05) is 6.54 Å². The molecule has 6 nitrogen and oxygen atoms in total. The maximum absolute atomic E-state index is 12.7. The lowest BCUT2D eigenvalue weighted by atomic mass is 10.2. The molecule has 0 saturated carbocycles. The minimum atomic E-state index is -4.81. The number of hydrogen-bond donors (Lipinski definition) is 2. The molecule has 3 N–H and O–H groups in total. The highest BCUT2D eigenvalue weighted by Gasteiger charge is 2.36. The molecule has 0 bridgehead atoms. The van der Waals surface area contributed by atoms with Gasteiger partial charge in [0.05, 0.1) is 16.2 Å². The smallest absolute Gasteiger partial charge is 0.229 e. The van der Waals surface area contributed by atoms with Crippen molar-refractivity contribution in [1.29, 1.82) is 0 Å². The molecule has 0 atom stereocenters. The van der Waals surface area contributed by atoms with Crippen LogP contribution < -0.4 is 9.86 Å². The average Bonchev–Trinajstić information content (AvgIpc) is 2.33. The summed E-state index contributed by atoms with van der Waals surface area (Å²) < 4.78 is 85.1. The van der Waals surface area contributed by atoms with Gasteiger partial charge in [0.25, 0.3) is 0 Å². The van der Waals surface area contributed by atoms with Crippen LogP contribution in [0, 0.1) is 0 Å². The molecular weight excluding hydrogens is 333 g/mol. The van der Waals surface area contributed by atoms with Crippen LogP contribution >= 0.6 is 0 Å². The molecule has 0 aliphatic rings. The first-order valence-corrected chi connectivity index (χ1v) is 8.80. The molecule has 0 aliphatic heterocycles. The summed E-state index contributed by atoms with van der Waals surface area (Å²) >= 11 is 0. The van der Waals surface area contributed by atoms with Crippen LogP contribution in [-0.2, 0) is 26.2 Å². The highest BCUT2D eigenvalue weighted by atomic mass is 32.2. The third-order valence-corrected chi connectivity index (χ3v) is 4.76. The molecule has 1 rings (SSSR count). The van der Waals surface area contributed by atoms with Crippen molar-refractivity contribution < 1.29 is 30.0 Å². The monoisotopic (exact) mass is 346 g/mol. The minimum absolute atomic E-state index is 0.147. The van der Waals surface area contributed by atoms with E-state index in [-0.39, 0.29) is 13.0 Å². The van der Waals surface area contributed by atoms with Crippen LogP contribution in [0.5, 0.6) is 0 Å². The highest BCUT2D eigenvalue weighted by molar-refractivity contribution is 7.89. The molecular formula is C10H13F3N2O4S2. The van der Waals surface area contributed by atoms with E-state index in [1.54, 1.807) is 0 Å². The number of benzene rings is 1. The van der Waals surface area contributed by atoms with Crippen molar-refractivity contribution in [3.05, 3.63) is 29.8 Å². The zero-order valence-corrected chi connectivity index (χ0v) is 12.2. The van der Waals surface area contributed by atoms with Crippen LogP contribution in [0.3, 0.4) is 0 Å². The fraction of sp³-hybridized carbons (Fsp3) is 0.400. The van der Waals surface area contributed by atoms with Gasteiger partial charge in [-0.25, -0.2) is 26.7 Å². The predicted octanol–water partition coefficient (Wildman–Crippen LogP) is 0.662. The number of rotatable bonds is 6. The Balaban J connectivity index is 2.90. The molecule has 0 saturated heterocycles. The van der Waals surface area contributed by atoms with Crippen molar-refractivity contribution in [2.45, 2.75) is 17.5 Å². The third-order valence-electron chi connectivity index (χ3n) is 2.38. The van der Waals surface area contributed by atoms with E-state index in [4.69, 9.17) is 5.14 Å². The zero-order chi connectivity index (χ0) is 16.3. The van der Waals surface area contributed by atoms with E-state index in [0.717, 1.165) is 18.2 Å². The molecule has 1 aromatic carbocycles. The highest BCUT2D eigenvalue weighted by Crippen LogP contribution is 2.33. The van der Waals surface area contributed by atoms with Crippen molar-refractivity contribution in [3.63, 3.8) is 0 Å².